The van der Waals surface area contributed by atoms with Gasteiger partial charge in [0.25, 0.3) is 0 Å². The van der Waals surface area contributed by atoms with E-state index >= 15 is 0 Å². The standard InChI is InChI=1S/C14H14N4O2S/c1-19-10-4-3-8-5-9-7-18-13(20-2)16-17-14(18)21-12(9)15-11(8)6-10/h3-6,13,16H,7H2,1-2H3/t13-/m0/s1. The molecule has 21 heavy (non-hydrogen) atoms. The van der Waals surface area contributed by atoms with Crippen molar-refractivity contribution in [3.63, 3.8) is 0 Å². The molecule has 1 N–H and O–H groups in total. The number of benzene rings is 1. The molecule has 7 heteroatoms. The van der Waals surface area contributed by atoms with E-state index < -0.39 is 0 Å². The zero-order chi connectivity index (χ0) is 14.4. The Morgan fingerprint density at radius 3 is 3.05 bits per heavy atom. The van der Waals surface area contributed by atoms with Gasteiger partial charge in [-0.15, -0.1) is 0 Å². The molecule has 6 nitrogen and oxygen atoms in total. The smallest absolute Gasteiger partial charge is 0.224 e. The molecule has 0 saturated carbocycles. The van der Waals surface area contributed by atoms with E-state index in [2.05, 4.69) is 21.5 Å². The predicted octanol–water partition coefficient (Wildman–Crippen LogP) is 1.96. The highest BCUT2D eigenvalue weighted by Crippen LogP contribution is 2.35. The molecule has 0 amide bonds. The van der Waals surface area contributed by atoms with Crippen LogP contribution in [0.1, 0.15) is 5.56 Å². The number of nitrogens with zero attached hydrogens (tertiary/aromatic N) is 3. The van der Waals surface area contributed by atoms with Crippen molar-refractivity contribution in [1.82, 2.24) is 15.3 Å². The normalized spacial score (nSPS) is 19.8. The van der Waals surface area contributed by atoms with Gasteiger partial charge in [0, 0.05) is 24.1 Å². The van der Waals surface area contributed by atoms with Crippen LogP contribution in [0.4, 0.5) is 0 Å². The number of methoxy groups -OCH3 is 2. The van der Waals surface area contributed by atoms with Crippen LogP contribution in [0.5, 0.6) is 5.75 Å². The Bertz CT molecular complexity index is 749. The second-order valence-electron chi connectivity index (χ2n) is 4.85. The van der Waals surface area contributed by atoms with Crippen LogP contribution in [0.25, 0.3) is 10.9 Å². The van der Waals surface area contributed by atoms with E-state index in [1.165, 1.54) is 5.56 Å². The van der Waals surface area contributed by atoms with Gasteiger partial charge in [0.1, 0.15) is 10.8 Å². The molecular weight excluding hydrogens is 288 g/mol. The van der Waals surface area contributed by atoms with Crippen molar-refractivity contribution in [2.75, 3.05) is 14.2 Å². The molecule has 0 bridgehead atoms. The fourth-order valence-corrected chi connectivity index (χ4v) is 3.48. The fourth-order valence-electron chi connectivity index (χ4n) is 2.53. The average molecular weight is 302 g/mol. The SMILES string of the molecule is COc1ccc2cc3c(nc2c1)SC1=NN[C@H](OC)N1C3. The summed E-state index contributed by atoms with van der Waals surface area (Å²) < 4.78 is 10.6. The van der Waals surface area contributed by atoms with Crippen LogP contribution in [-0.2, 0) is 11.3 Å². The lowest BCUT2D eigenvalue weighted by Crippen LogP contribution is -2.41. The first kappa shape index (κ1) is 12.7. The third kappa shape index (κ3) is 2.00. The summed E-state index contributed by atoms with van der Waals surface area (Å²) in [6.45, 7) is 0.738. The Morgan fingerprint density at radius 1 is 1.33 bits per heavy atom. The number of pyridine rings is 1. The molecule has 2 aliphatic rings. The largest absolute Gasteiger partial charge is 0.497 e. The summed E-state index contributed by atoms with van der Waals surface area (Å²) in [5.74, 6) is 0.816. The number of nitrogens with one attached hydrogen (secondary N) is 1. The summed E-state index contributed by atoms with van der Waals surface area (Å²) >= 11 is 1.56. The maximum atomic E-state index is 5.36. The minimum atomic E-state index is -0.202. The Labute approximate surface area is 126 Å². The molecule has 2 aromatic rings. The van der Waals surface area contributed by atoms with Gasteiger partial charge in [-0.3, -0.25) is 5.43 Å². The van der Waals surface area contributed by atoms with Gasteiger partial charge in [-0.2, -0.15) is 5.10 Å². The first-order valence-corrected chi connectivity index (χ1v) is 7.38. The van der Waals surface area contributed by atoms with Gasteiger partial charge in [0.2, 0.25) is 6.35 Å². The first-order valence-electron chi connectivity index (χ1n) is 6.56. The van der Waals surface area contributed by atoms with Gasteiger partial charge >= 0.3 is 0 Å². The van der Waals surface area contributed by atoms with Gasteiger partial charge in [-0.05, 0) is 30.0 Å². The van der Waals surface area contributed by atoms with Crippen molar-refractivity contribution in [2.45, 2.75) is 17.9 Å². The highest BCUT2D eigenvalue weighted by Gasteiger charge is 2.33. The molecule has 3 heterocycles. The van der Waals surface area contributed by atoms with Gasteiger partial charge in [-0.25, -0.2) is 4.98 Å². The van der Waals surface area contributed by atoms with E-state index in [1.54, 1.807) is 26.0 Å². The van der Waals surface area contributed by atoms with Crippen LogP contribution >= 0.6 is 11.8 Å². The summed E-state index contributed by atoms with van der Waals surface area (Å²) in [6.07, 6.45) is -0.202. The summed E-state index contributed by atoms with van der Waals surface area (Å²) in [5, 5.41) is 7.28. The molecule has 1 atom stereocenters. The Morgan fingerprint density at radius 2 is 2.24 bits per heavy atom. The molecule has 1 aromatic heterocycles. The van der Waals surface area contributed by atoms with Crippen LogP contribution in [-0.4, -0.2) is 35.6 Å². The Kier molecular flexibility index (Phi) is 2.90. The van der Waals surface area contributed by atoms with E-state index in [0.29, 0.717) is 0 Å². The molecular formula is C14H14N4O2S. The molecule has 0 aliphatic carbocycles. The number of hydrogen-bond donors (Lipinski definition) is 1. The lowest BCUT2D eigenvalue weighted by Gasteiger charge is -2.29. The predicted molar refractivity (Wildman–Crippen MR) is 81.1 cm³/mol. The average Bonchev–Trinajstić information content (AvgIpc) is 2.91. The monoisotopic (exact) mass is 302 g/mol. The fraction of sp³-hybridized carbons (Fsp3) is 0.286. The molecule has 0 radical (unpaired) electrons. The second kappa shape index (κ2) is 4.78. The van der Waals surface area contributed by atoms with Crippen LogP contribution in [0, 0.1) is 0 Å². The molecule has 0 spiro atoms. The maximum absolute atomic E-state index is 5.36. The zero-order valence-corrected chi connectivity index (χ0v) is 12.5. The highest BCUT2D eigenvalue weighted by atomic mass is 32.2. The number of hydrogen-bond acceptors (Lipinski definition) is 7. The van der Waals surface area contributed by atoms with E-state index in [1.807, 2.05) is 18.2 Å². The van der Waals surface area contributed by atoms with Crippen molar-refractivity contribution in [2.24, 2.45) is 5.10 Å². The quantitative estimate of drug-likeness (QED) is 0.915. The Balaban J connectivity index is 1.78. The Hall–Kier alpha value is -1.99. The minimum absolute atomic E-state index is 0.202. The molecule has 4 rings (SSSR count). The summed E-state index contributed by atoms with van der Waals surface area (Å²) in [6, 6.07) is 8.11. The molecule has 0 fully saturated rings. The maximum Gasteiger partial charge on any atom is 0.224 e. The minimum Gasteiger partial charge on any atom is -0.497 e. The van der Waals surface area contributed by atoms with E-state index in [9.17, 15) is 0 Å². The van der Waals surface area contributed by atoms with Crippen LogP contribution < -0.4 is 10.2 Å². The topological polar surface area (TPSA) is 59.0 Å². The summed E-state index contributed by atoms with van der Waals surface area (Å²) in [5.41, 5.74) is 5.08. The molecule has 2 aliphatic heterocycles. The lowest BCUT2D eigenvalue weighted by atomic mass is 10.1. The van der Waals surface area contributed by atoms with E-state index in [4.69, 9.17) is 14.5 Å². The van der Waals surface area contributed by atoms with Gasteiger partial charge in [0.05, 0.1) is 19.2 Å². The van der Waals surface area contributed by atoms with E-state index in [-0.39, 0.29) is 6.35 Å². The molecule has 1 aromatic carbocycles. The van der Waals surface area contributed by atoms with Crippen molar-refractivity contribution < 1.29 is 9.47 Å². The van der Waals surface area contributed by atoms with Gasteiger partial charge in [-0.1, -0.05) is 0 Å². The van der Waals surface area contributed by atoms with Crippen molar-refractivity contribution in [3.8, 4) is 5.75 Å². The number of amidine groups is 1. The molecule has 0 unspecified atom stereocenters. The first-order chi connectivity index (χ1) is 10.3. The number of fused-ring (bicyclic) bond motifs is 3. The number of ether oxygens (including phenoxy) is 2. The van der Waals surface area contributed by atoms with Gasteiger partial charge in [0.15, 0.2) is 5.17 Å². The van der Waals surface area contributed by atoms with Gasteiger partial charge < -0.3 is 14.4 Å². The number of hydrazone groups is 1. The lowest BCUT2D eigenvalue weighted by molar-refractivity contribution is -0.00660. The van der Waals surface area contributed by atoms with Crippen LogP contribution in [0.3, 0.4) is 0 Å². The number of rotatable bonds is 2. The van der Waals surface area contributed by atoms with Crippen molar-refractivity contribution in [3.05, 3.63) is 29.8 Å². The van der Waals surface area contributed by atoms with Crippen molar-refractivity contribution >= 4 is 27.8 Å². The van der Waals surface area contributed by atoms with Crippen molar-refractivity contribution in [1.29, 1.82) is 0 Å². The summed E-state index contributed by atoms with van der Waals surface area (Å²) in [4.78, 5) is 6.83. The summed E-state index contributed by atoms with van der Waals surface area (Å²) in [7, 11) is 3.33. The third-order valence-electron chi connectivity index (χ3n) is 3.62. The van der Waals surface area contributed by atoms with Crippen LogP contribution in [0.15, 0.2) is 34.4 Å². The highest BCUT2D eigenvalue weighted by molar-refractivity contribution is 8.13. The zero-order valence-electron chi connectivity index (χ0n) is 11.7. The number of thioether (sulfide) groups is 1. The van der Waals surface area contributed by atoms with E-state index in [0.717, 1.165) is 33.4 Å². The third-order valence-corrected chi connectivity index (χ3v) is 4.67. The molecule has 108 valence electrons. The second-order valence-corrected chi connectivity index (χ2v) is 5.81. The molecule has 0 saturated heterocycles. The van der Waals surface area contributed by atoms with Crippen LogP contribution in [0.2, 0.25) is 0 Å². The number of aromatic nitrogens is 1.